The molecule has 2 aromatic carbocycles. The molecule has 3 aromatic rings. The number of anilines is 2. The van der Waals surface area contributed by atoms with E-state index in [0.717, 1.165) is 12.2 Å². The Morgan fingerprint density at radius 1 is 1.18 bits per heavy atom. The van der Waals surface area contributed by atoms with Gasteiger partial charge >= 0.3 is 0 Å². The van der Waals surface area contributed by atoms with E-state index in [4.69, 9.17) is 5.73 Å². The molecular formula is C14H14N2S. The van der Waals surface area contributed by atoms with Crippen LogP contribution in [-0.2, 0) is 0 Å². The van der Waals surface area contributed by atoms with Gasteiger partial charge in [0, 0.05) is 33.4 Å². The molecule has 86 valence electrons. The van der Waals surface area contributed by atoms with Gasteiger partial charge in [-0.1, -0.05) is 18.2 Å². The number of nitrogens with one attached hydrogen (secondary N) is 1. The summed E-state index contributed by atoms with van der Waals surface area (Å²) in [4.78, 5) is 0. The lowest BCUT2D eigenvalue weighted by Crippen LogP contribution is -1.97. The van der Waals surface area contributed by atoms with Crippen molar-refractivity contribution in [1.82, 2.24) is 0 Å². The van der Waals surface area contributed by atoms with Crippen molar-refractivity contribution in [3.8, 4) is 0 Å². The van der Waals surface area contributed by atoms with Crippen LogP contribution in [0.2, 0.25) is 0 Å². The number of thiophene rings is 1. The Hall–Kier alpha value is -1.74. The maximum absolute atomic E-state index is 6.07. The van der Waals surface area contributed by atoms with E-state index in [-0.39, 0.29) is 0 Å². The zero-order chi connectivity index (χ0) is 11.8. The van der Waals surface area contributed by atoms with E-state index in [9.17, 15) is 0 Å². The number of rotatable bonds is 2. The molecule has 0 radical (unpaired) electrons. The van der Waals surface area contributed by atoms with Gasteiger partial charge in [0.05, 0.1) is 4.70 Å². The third-order valence-electron chi connectivity index (χ3n) is 2.92. The van der Waals surface area contributed by atoms with Gasteiger partial charge in [-0.3, -0.25) is 0 Å². The second-order valence-corrected chi connectivity index (χ2v) is 5.09. The third kappa shape index (κ3) is 1.54. The number of hydrogen-bond acceptors (Lipinski definition) is 3. The van der Waals surface area contributed by atoms with Crippen LogP contribution in [-0.4, -0.2) is 6.54 Å². The fraction of sp³-hybridized carbons (Fsp3) is 0.143. The number of nitrogens with two attached hydrogens (primary N) is 1. The van der Waals surface area contributed by atoms with E-state index in [0.29, 0.717) is 0 Å². The van der Waals surface area contributed by atoms with Gasteiger partial charge in [0.25, 0.3) is 0 Å². The van der Waals surface area contributed by atoms with E-state index in [1.807, 2.05) is 6.07 Å². The monoisotopic (exact) mass is 242 g/mol. The molecule has 17 heavy (non-hydrogen) atoms. The van der Waals surface area contributed by atoms with Crippen molar-refractivity contribution >= 4 is 42.9 Å². The molecule has 0 aliphatic carbocycles. The first kappa shape index (κ1) is 10.4. The Morgan fingerprint density at radius 2 is 2.00 bits per heavy atom. The Balaban J connectivity index is 2.47. The highest BCUT2D eigenvalue weighted by Gasteiger charge is 2.10. The minimum atomic E-state index is 0.864. The molecule has 0 amide bonds. The fourth-order valence-electron chi connectivity index (χ4n) is 2.19. The van der Waals surface area contributed by atoms with Crippen LogP contribution in [0.1, 0.15) is 6.92 Å². The molecule has 0 saturated carbocycles. The summed E-state index contributed by atoms with van der Waals surface area (Å²) >= 11 is 1.76. The Kier molecular flexibility index (Phi) is 2.41. The van der Waals surface area contributed by atoms with Gasteiger partial charge in [0.1, 0.15) is 0 Å². The van der Waals surface area contributed by atoms with Crippen LogP contribution in [0.4, 0.5) is 11.4 Å². The molecule has 0 spiro atoms. The SMILES string of the molecule is CCNc1ccc(N)c2sc3ccccc3c12. The number of nitrogen functional groups attached to an aromatic ring is 1. The molecule has 3 heteroatoms. The summed E-state index contributed by atoms with van der Waals surface area (Å²) in [5, 5.41) is 5.95. The predicted octanol–water partition coefficient (Wildman–Crippen LogP) is 4.07. The quantitative estimate of drug-likeness (QED) is 0.665. The summed E-state index contributed by atoms with van der Waals surface area (Å²) in [7, 11) is 0. The molecule has 2 nitrogen and oxygen atoms in total. The highest BCUT2D eigenvalue weighted by Crippen LogP contribution is 2.41. The summed E-state index contributed by atoms with van der Waals surface area (Å²) in [6.07, 6.45) is 0. The molecule has 0 fully saturated rings. The summed E-state index contributed by atoms with van der Waals surface area (Å²) < 4.78 is 2.48. The largest absolute Gasteiger partial charge is 0.398 e. The normalized spacial score (nSPS) is 11.1. The molecule has 1 heterocycles. The number of hydrogen-bond donors (Lipinski definition) is 2. The lowest BCUT2D eigenvalue weighted by atomic mass is 10.1. The predicted molar refractivity (Wildman–Crippen MR) is 77.9 cm³/mol. The highest BCUT2D eigenvalue weighted by molar-refractivity contribution is 7.26. The maximum atomic E-state index is 6.07. The van der Waals surface area contributed by atoms with E-state index < -0.39 is 0 Å². The molecule has 0 saturated heterocycles. The summed E-state index contributed by atoms with van der Waals surface area (Å²) in [5.41, 5.74) is 8.11. The molecule has 0 unspecified atom stereocenters. The van der Waals surface area contributed by atoms with Crippen LogP contribution in [0, 0.1) is 0 Å². The Bertz CT molecular complexity index is 685. The smallest absolute Gasteiger partial charge is 0.0605 e. The van der Waals surface area contributed by atoms with Crippen molar-refractivity contribution in [1.29, 1.82) is 0 Å². The van der Waals surface area contributed by atoms with Crippen molar-refractivity contribution < 1.29 is 0 Å². The van der Waals surface area contributed by atoms with Crippen LogP contribution < -0.4 is 11.1 Å². The molecular weight excluding hydrogens is 228 g/mol. The summed E-state index contributed by atoms with van der Waals surface area (Å²) in [5.74, 6) is 0. The Morgan fingerprint density at radius 3 is 2.82 bits per heavy atom. The second kappa shape index (κ2) is 3.93. The third-order valence-corrected chi connectivity index (χ3v) is 4.14. The van der Waals surface area contributed by atoms with Crippen molar-refractivity contribution in [2.75, 3.05) is 17.6 Å². The zero-order valence-corrected chi connectivity index (χ0v) is 10.5. The first-order chi connectivity index (χ1) is 8.31. The molecule has 3 rings (SSSR count). The molecule has 0 bridgehead atoms. The number of fused-ring (bicyclic) bond motifs is 3. The van der Waals surface area contributed by atoms with Crippen LogP contribution in [0.3, 0.4) is 0 Å². The van der Waals surface area contributed by atoms with Crippen molar-refractivity contribution in [3.63, 3.8) is 0 Å². The van der Waals surface area contributed by atoms with Crippen LogP contribution in [0.25, 0.3) is 20.2 Å². The van der Waals surface area contributed by atoms with Gasteiger partial charge in [-0.2, -0.15) is 0 Å². The molecule has 0 aliphatic rings. The zero-order valence-electron chi connectivity index (χ0n) is 9.66. The molecule has 0 atom stereocenters. The van der Waals surface area contributed by atoms with Gasteiger partial charge in [-0.05, 0) is 25.1 Å². The first-order valence-electron chi connectivity index (χ1n) is 5.75. The second-order valence-electron chi connectivity index (χ2n) is 4.04. The van der Waals surface area contributed by atoms with Gasteiger partial charge in [0.15, 0.2) is 0 Å². The van der Waals surface area contributed by atoms with Crippen molar-refractivity contribution in [3.05, 3.63) is 36.4 Å². The first-order valence-corrected chi connectivity index (χ1v) is 6.56. The van der Waals surface area contributed by atoms with E-state index in [1.165, 1.54) is 25.9 Å². The topological polar surface area (TPSA) is 38.0 Å². The van der Waals surface area contributed by atoms with Crippen LogP contribution in [0.5, 0.6) is 0 Å². The average molecular weight is 242 g/mol. The van der Waals surface area contributed by atoms with Crippen molar-refractivity contribution in [2.45, 2.75) is 6.92 Å². The van der Waals surface area contributed by atoms with E-state index in [1.54, 1.807) is 11.3 Å². The van der Waals surface area contributed by atoms with Gasteiger partial charge in [-0.15, -0.1) is 11.3 Å². The molecule has 0 aliphatic heterocycles. The summed E-state index contributed by atoms with van der Waals surface area (Å²) in [6.45, 7) is 3.03. The van der Waals surface area contributed by atoms with Crippen LogP contribution >= 0.6 is 11.3 Å². The van der Waals surface area contributed by atoms with Gasteiger partial charge in [0.2, 0.25) is 0 Å². The van der Waals surface area contributed by atoms with Crippen LogP contribution in [0.15, 0.2) is 36.4 Å². The maximum Gasteiger partial charge on any atom is 0.0605 e. The average Bonchev–Trinajstić information content (AvgIpc) is 2.73. The van der Waals surface area contributed by atoms with E-state index >= 15 is 0 Å². The lowest BCUT2D eigenvalue weighted by Gasteiger charge is -2.06. The van der Waals surface area contributed by atoms with Crippen molar-refractivity contribution in [2.24, 2.45) is 0 Å². The number of benzene rings is 2. The minimum Gasteiger partial charge on any atom is -0.398 e. The minimum absolute atomic E-state index is 0.864. The lowest BCUT2D eigenvalue weighted by molar-refractivity contribution is 1.22. The highest BCUT2D eigenvalue weighted by atomic mass is 32.1. The van der Waals surface area contributed by atoms with Gasteiger partial charge in [-0.25, -0.2) is 0 Å². The van der Waals surface area contributed by atoms with Gasteiger partial charge < -0.3 is 11.1 Å². The molecule has 1 aromatic heterocycles. The standard InChI is InChI=1S/C14H14N2S/c1-2-16-11-8-7-10(15)14-13(11)9-5-3-4-6-12(9)17-14/h3-8,16H,2,15H2,1H3. The molecule has 3 N–H and O–H groups in total. The Labute approximate surface area is 104 Å². The van der Waals surface area contributed by atoms with E-state index in [2.05, 4.69) is 42.6 Å². The fourth-order valence-corrected chi connectivity index (χ4v) is 3.34. The summed E-state index contributed by atoms with van der Waals surface area (Å²) in [6, 6.07) is 12.5.